The van der Waals surface area contributed by atoms with Crippen LogP contribution in [0.1, 0.15) is 1.43 Å². The van der Waals surface area contributed by atoms with Crippen molar-refractivity contribution in [2.75, 3.05) is 68.5 Å². The van der Waals surface area contributed by atoms with Crippen LogP contribution in [0.5, 0.6) is 0 Å². The minimum atomic E-state index is 0. The second-order valence-corrected chi connectivity index (χ2v) is 3.90. The normalized spacial score (nSPS) is 9.00. The minimum absolute atomic E-state index is 0. The summed E-state index contributed by atoms with van der Waals surface area (Å²) in [5.41, 5.74) is 0. The van der Waals surface area contributed by atoms with E-state index in [0.29, 0.717) is 0 Å². The van der Waals surface area contributed by atoms with Crippen molar-refractivity contribution in [1.82, 2.24) is 10.2 Å². The summed E-state index contributed by atoms with van der Waals surface area (Å²) in [6.45, 7) is 4.34. The van der Waals surface area contributed by atoms with E-state index in [-0.39, 0.29) is 60.5 Å². The molecule has 6 heteroatoms. The molecule has 0 atom stereocenters. The Balaban J connectivity index is -0.0000000480. The molecule has 0 aliphatic rings. The molecule has 0 heterocycles. The first kappa shape index (κ1) is 26.4. The van der Waals surface area contributed by atoms with Crippen molar-refractivity contribution in [3.63, 3.8) is 0 Å². The van der Waals surface area contributed by atoms with Gasteiger partial charge in [-0.2, -0.15) is 7.05 Å². The Morgan fingerprint density at radius 2 is 1.75 bits per heavy atom. The molecule has 90 valence electrons. The van der Waals surface area contributed by atoms with E-state index in [9.17, 15) is 0 Å². The van der Waals surface area contributed by atoms with E-state index in [0.717, 1.165) is 26.2 Å². The monoisotopic (exact) mass is 251 g/mol. The van der Waals surface area contributed by atoms with Gasteiger partial charge in [0.25, 0.3) is 0 Å². The van der Waals surface area contributed by atoms with E-state index >= 15 is 0 Å². The van der Waals surface area contributed by atoms with Crippen molar-refractivity contribution in [3.05, 3.63) is 5.32 Å². The first-order chi connectivity index (χ1) is 6.54. The summed E-state index contributed by atoms with van der Waals surface area (Å²) in [5.74, 6) is 0. The smallest absolute Gasteiger partial charge is 1.00 e. The van der Waals surface area contributed by atoms with E-state index in [4.69, 9.17) is 0 Å². The molecule has 0 aromatic carbocycles. The summed E-state index contributed by atoms with van der Waals surface area (Å²) >= 11 is 0. The van der Waals surface area contributed by atoms with Crippen LogP contribution in [-0.4, -0.2) is 73.4 Å². The summed E-state index contributed by atoms with van der Waals surface area (Å²) in [6.07, 6.45) is 0. The Hall–Kier alpha value is 1.84. The second kappa shape index (κ2) is 22.1. The number of hydrogen-bond acceptors (Lipinski definition) is 2. The molecule has 0 radical (unpaired) electrons. The maximum Gasteiger partial charge on any atom is 1.00 e. The average Bonchev–Trinajstić information content (AvgIpc) is 2.12. The van der Waals surface area contributed by atoms with E-state index in [1.165, 1.54) is 4.90 Å². The van der Waals surface area contributed by atoms with E-state index in [2.05, 4.69) is 43.7 Å². The van der Waals surface area contributed by atoms with Gasteiger partial charge in [0.15, 0.2) is 0 Å². The molecule has 0 aromatic heterocycles. The molecule has 0 bridgehead atoms. The number of likely N-dealkylation sites (N-methyl/N-ethyl adjacent to an activating group) is 4. The third kappa shape index (κ3) is 36.0. The summed E-state index contributed by atoms with van der Waals surface area (Å²) in [4.78, 5) is 3.61. The van der Waals surface area contributed by atoms with Crippen molar-refractivity contribution in [2.45, 2.75) is 0 Å². The van der Waals surface area contributed by atoms with E-state index in [1.807, 2.05) is 14.1 Å². The fourth-order valence-electron chi connectivity index (χ4n) is 0.671. The maximum atomic E-state index is 3.96. The molecule has 0 fully saturated rings. The van der Waals surface area contributed by atoms with Crippen LogP contribution in [0.2, 0.25) is 0 Å². The number of hydrogen-bond donors (Lipinski definition) is 2. The molecular weight excluding hydrogens is 222 g/mol. The number of nitrogens with zero attached hydrogens (tertiary/aromatic N) is 2. The fourth-order valence-corrected chi connectivity index (χ4v) is 0.671. The minimum Gasteiger partial charge on any atom is -1.00 e. The zero-order valence-corrected chi connectivity index (χ0v) is 16.7. The number of rotatable bonds is 6. The molecular formula is C10H29N4Na2+. The third-order valence-corrected chi connectivity index (χ3v) is 1.64. The standard InChI is InChI=1S/C5H14N2.C5H13N2.2Na.H/c2*1-6-4-5-7(2)3;;;/h6H,4-5H2,1-3H3;4-5H2,1-3H3;;;/q;-1;2*+1;-1/p+1. The van der Waals surface area contributed by atoms with Gasteiger partial charge in [-0.3, -0.25) is 0 Å². The Morgan fingerprint density at radius 3 is 1.88 bits per heavy atom. The van der Waals surface area contributed by atoms with Crippen molar-refractivity contribution < 1.29 is 65.4 Å². The van der Waals surface area contributed by atoms with Gasteiger partial charge in [-0.25, -0.2) is 0 Å². The Kier molecular flexibility index (Phi) is 36.4. The molecule has 0 unspecified atom stereocenters. The summed E-state index contributed by atoms with van der Waals surface area (Å²) < 4.78 is 0. The molecule has 0 aromatic rings. The van der Waals surface area contributed by atoms with Crippen LogP contribution in [0, 0.1) is 0 Å². The first-order valence-corrected chi connectivity index (χ1v) is 5.18. The van der Waals surface area contributed by atoms with Crippen LogP contribution < -0.4 is 69.3 Å². The maximum absolute atomic E-state index is 3.96. The topological polar surface area (TPSA) is 33.8 Å². The molecule has 16 heavy (non-hydrogen) atoms. The molecule has 0 rings (SSSR count). The predicted octanol–water partition coefficient (Wildman–Crippen LogP) is -6.98. The zero-order chi connectivity index (χ0) is 11.4. The van der Waals surface area contributed by atoms with Gasteiger partial charge < -0.3 is 21.9 Å². The van der Waals surface area contributed by atoms with Crippen LogP contribution in [0.3, 0.4) is 0 Å². The molecule has 0 saturated carbocycles. The van der Waals surface area contributed by atoms with Crippen molar-refractivity contribution in [3.8, 4) is 0 Å². The summed E-state index contributed by atoms with van der Waals surface area (Å²) in [5, 5.41) is 7.01. The molecule has 2 N–H and O–H groups in total. The largest absolute Gasteiger partial charge is 1.00 e. The SMILES string of the molecule is CNCCN(C)C.C[N-]CC[NH+](C)C.[H-].[Na+].[Na+]. The summed E-state index contributed by atoms with van der Waals surface area (Å²) in [7, 11) is 12.2. The Morgan fingerprint density at radius 1 is 1.25 bits per heavy atom. The molecule has 4 nitrogen and oxygen atoms in total. The molecule has 0 amide bonds. The fraction of sp³-hybridized carbons (Fsp3) is 1.00. The van der Waals surface area contributed by atoms with Gasteiger partial charge in [-0.05, 0) is 21.1 Å². The Bertz CT molecular complexity index is 96.3. The quantitative estimate of drug-likeness (QED) is 0.460. The van der Waals surface area contributed by atoms with Crippen LogP contribution in [0.4, 0.5) is 0 Å². The second-order valence-electron chi connectivity index (χ2n) is 3.90. The van der Waals surface area contributed by atoms with Crippen molar-refractivity contribution in [1.29, 1.82) is 0 Å². The van der Waals surface area contributed by atoms with Crippen LogP contribution in [-0.2, 0) is 0 Å². The number of nitrogens with one attached hydrogen (secondary N) is 2. The average molecular weight is 251 g/mol. The van der Waals surface area contributed by atoms with Gasteiger partial charge in [-0.1, -0.05) is 6.54 Å². The van der Waals surface area contributed by atoms with Gasteiger partial charge in [0.1, 0.15) is 0 Å². The van der Waals surface area contributed by atoms with Gasteiger partial charge in [0.2, 0.25) is 0 Å². The van der Waals surface area contributed by atoms with Crippen molar-refractivity contribution >= 4 is 0 Å². The van der Waals surface area contributed by atoms with Gasteiger partial charge in [0, 0.05) is 13.1 Å². The Labute approximate surface area is 148 Å². The van der Waals surface area contributed by atoms with Crippen LogP contribution in [0.15, 0.2) is 0 Å². The van der Waals surface area contributed by atoms with E-state index in [1.54, 1.807) is 0 Å². The predicted molar refractivity (Wildman–Crippen MR) is 65.4 cm³/mol. The molecule has 0 aliphatic carbocycles. The van der Waals surface area contributed by atoms with Crippen LogP contribution >= 0.6 is 0 Å². The zero-order valence-electron chi connectivity index (χ0n) is 13.7. The third-order valence-electron chi connectivity index (χ3n) is 1.64. The molecule has 0 saturated heterocycles. The van der Waals surface area contributed by atoms with E-state index < -0.39 is 0 Å². The first-order valence-electron chi connectivity index (χ1n) is 5.18. The number of quaternary nitrogens is 1. The van der Waals surface area contributed by atoms with Crippen LogP contribution in [0.25, 0.3) is 5.32 Å². The van der Waals surface area contributed by atoms with Gasteiger partial charge in [0.05, 0.1) is 20.6 Å². The van der Waals surface area contributed by atoms with Gasteiger partial charge >= 0.3 is 59.1 Å². The van der Waals surface area contributed by atoms with Crippen molar-refractivity contribution in [2.24, 2.45) is 0 Å². The summed E-state index contributed by atoms with van der Waals surface area (Å²) in [6, 6.07) is 0. The molecule has 0 aliphatic heterocycles. The van der Waals surface area contributed by atoms with Gasteiger partial charge in [-0.15, -0.1) is 0 Å². The molecule has 0 spiro atoms.